The van der Waals surface area contributed by atoms with Gasteiger partial charge in [-0.1, -0.05) is 36.4 Å². The number of aliphatic carboxylic acids is 1. The number of aliphatic imine (C=N–C) groups is 1. The van der Waals surface area contributed by atoms with Gasteiger partial charge in [0.1, 0.15) is 12.2 Å². The first kappa shape index (κ1) is 24.6. The molecule has 0 bridgehead atoms. The average Bonchev–Trinajstić information content (AvgIpc) is 2.84. The third-order valence-electron chi connectivity index (χ3n) is 4.93. The van der Waals surface area contributed by atoms with Crippen LogP contribution in [0.25, 0.3) is 0 Å². The fourth-order valence-corrected chi connectivity index (χ4v) is 3.10. The van der Waals surface area contributed by atoms with Crippen LogP contribution >= 0.6 is 0 Å². The van der Waals surface area contributed by atoms with Crippen molar-refractivity contribution in [1.29, 1.82) is 0 Å². The molecule has 2 amide bonds. The molecule has 0 saturated heterocycles. The van der Waals surface area contributed by atoms with E-state index in [0.717, 1.165) is 5.56 Å². The first-order valence-electron chi connectivity index (χ1n) is 10.7. The molecule has 2 aromatic rings. The molecular formula is C23H27FN6O4. The van der Waals surface area contributed by atoms with Crippen LogP contribution in [0.1, 0.15) is 15.9 Å². The molecule has 0 radical (unpaired) electrons. The second kappa shape index (κ2) is 12.3. The van der Waals surface area contributed by atoms with E-state index >= 15 is 0 Å². The summed E-state index contributed by atoms with van der Waals surface area (Å²) in [7, 11) is 0. The number of carbonyl (C=O) groups excluding carboxylic acids is 2. The largest absolute Gasteiger partial charge is 0.480 e. The van der Waals surface area contributed by atoms with Crippen molar-refractivity contribution in [2.75, 3.05) is 31.5 Å². The summed E-state index contributed by atoms with van der Waals surface area (Å²) < 4.78 is 13.1. The van der Waals surface area contributed by atoms with Crippen molar-refractivity contribution in [1.82, 2.24) is 21.3 Å². The summed E-state index contributed by atoms with van der Waals surface area (Å²) in [5.74, 6) is -1.67. The zero-order valence-electron chi connectivity index (χ0n) is 18.4. The number of alkyl halides is 1. The quantitative estimate of drug-likeness (QED) is 0.296. The number of nitrogens with zero attached hydrogens (tertiary/aromatic N) is 1. The Morgan fingerprint density at radius 1 is 1.12 bits per heavy atom. The highest BCUT2D eigenvalue weighted by atomic mass is 19.1. The van der Waals surface area contributed by atoms with E-state index in [1.54, 1.807) is 24.3 Å². The van der Waals surface area contributed by atoms with E-state index in [1.807, 2.05) is 30.3 Å². The number of hydrogen-bond acceptors (Lipinski definition) is 7. The molecule has 0 aromatic heterocycles. The van der Waals surface area contributed by atoms with Crippen molar-refractivity contribution in [2.45, 2.75) is 18.8 Å². The highest BCUT2D eigenvalue weighted by Gasteiger charge is 2.18. The highest BCUT2D eigenvalue weighted by Crippen LogP contribution is 2.11. The predicted molar refractivity (Wildman–Crippen MR) is 125 cm³/mol. The SMILES string of the molecule is O=C(CNC(=O)c1cccc(NC2=NCC(F)CN2)c1)NC[C@H](NCc1ccccc1)C(=O)O. The number of carbonyl (C=O) groups is 3. The van der Waals surface area contributed by atoms with Gasteiger partial charge in [-0.2, -0.15) is 0 Å². The molecule has 180 valence electrons. The maximum absolute atomic E-state index is 13.1. The second-order valence-corrected chi connectivity index (χ2v) is 7.62. The standard InChI is InChI=1S/C23H27FN6O4/c24-17-11-28-23(29-12-17)30-18-8-4-7-16(9-18)21(32)27-14-20(31)26-13-19(22(33)34)25-10-15-5-2-1-3-6-15/h1-9,17,19,25H,10-14H2,(H,26,31)(H,27,32)(H,33,34)(H2,28,29,30)/t19-/m0/s1. The normalized spacial score (nSPS) is 15.9. The van der Waals surface area contributed by atoms with Gasteiger partial charge in [-0.25, -0.2) is 9.38 Å². The Labute approximate surface area is 196 Å². The van der Waals surface area contributed by atoms with Crippen molar-refractivity contribution >= 4 is 29.4 Å². The van der Waals surface area contributed by atoms with Crippen LogP contribution in [-0.2, 0) is 16.1 Å². The first-order valence-corrected chi connectivity index (χ1v) is 10.7. The number of benzene rings is 2. The van der Waals surface area contributed by atoms with Crippen LogP contribution in [0.2, 0.25) is 0 Å². The predicted octanol–water partition coefficient (Wildman–Crippen LogP) is 0.485. The maximum atomic E-state index is 13.1. The number of carboxylic acids is 1. The number of hydrogen-bond donors (Lipinski definition) is 6. The molecule has 10 nitrogen and oxygen atoms in total. The average molecular weight is 471 g/mol. The van der Waals surface area contributed by atoms with Crippen LogP contribution in [0.4, 0.5) is 10.1 Å². The Kier molecular flexibility index (Phi) is 8.92. The fraction of sp³-hybridized carbons (Fsp3) is 0.304. The first-order chi connectivity index (χ1) is 16.4. The summed E-state index contributed by atoms with van der Waals surface area (Å²) in [6, 6.07) is 14.9. The maximum Gasteiger partial charge on any atom is 0.322 e. The fourth-order valence-electron chi connectivity index (χ4n) is 3.10. The summed E-state index contributed by atoms with van der Waals surface area (Å²) in [4.78, 5) is 40.0. The monoisotopic (exact) mass is 470 g/mol. The van der Waals surface area contributed by atoms with Gasteiger partial charge < -0.3 is 26.4 Å². The molecule has 3 rings (SSSR count). The molecule has 1 aliphatic heterocycles. The third-order valence-corrected chi connectivity index (χ3v) is 4.93. The minimum absolute atomic E-state index is 0.0646. The van der Waals surface area contributed by atoms with Gasteiger partial charge in [-0.3, -0.25) is 19.7 Å². The van der Waals surface area contributed by atoms with E-state index < -0.39 is 30.0 Å². The molecule has 34 heavy (non-hydrogen) atoms. The topological polar surface area (TPSA) is 144 Å². The van der Waals surface area contributed by atoms with Gasteiger partial charge in [-0.05, 0) is 23.8 Å². The van der Waals surface area contributed by atoms with Crippen molar-refractivity contribution in [3.63, 3.8) is 0 Å². The number of guanidine groups is 1. The van der Waals surface area contributed by atoms with Crippen LogP contribution in [0.5, 0.6) is 0 Å². The summed E-state index contributed by atoms with van der Waals surface area (Å²) in [6.45, 7) is 0.116. The van der Waals surface area contributed by atoms with Gasteiger partial charge in [-0.15, -0.1) is 0 Å². The smallest absolute Gasteiger partial charge is 0.322 e. The van der Waals surface area contributed by atoms with Gasteiger partial charge in [0, 0.05) is 24.3 Å². The highest BCUT2D eigenvalue weighted by molar-refractivity contribution is 5.99. The van der Waals surface area contributed by atoms with Crippen molar-refractivity contribution < 1.29 is 23.9 Å². The molecule has 0 fully saturated rings. The Balaban J connectivity index is 1.44. The molecule has 0 spiro atoms. The van der Waals surface area contributed by atoms with E-state index in [1.165, 1.54) is 0 Å². The molecule has 6 N–H and O–H groups in total. The van der Waals surface area contributed by atoms with Crippen molar-refractivity contribution in [3.8, 4) is 0 Å². The van der Waals surface area contributed by atoms with Gasteiger partial charge >= 0.3 is 5.97 Å². The lowest BCUT2D eigenvalue weighted by Crippen LogP contribution is -2.47. The number of halogens is 1. The van der Waals surface area contributed by atoms with E-state index in [-0.39, 0.29) is 26.2 Å². The van der Waals surface area contributed by atoms with Crippen LogP contribution in [-0.4, -0.2) is 67.2 Å². The van der Waals surface area contributed by atoms with Crippen molar-refractivity contribution in [2.24, 2.45) is 4.99 Å². The molecule has 0 aliphatic carbocycles. The number of rotatable bonds is 10. The molecule has 1 aliphatic rings. The van der Waals surface area contributed by atoms with Gasteiger partial charge in [0.2, 0.25) is 5.91 Å². The third kappa shape index (κ3) is 7.85. The molecule has 11 heteroatoms. The molecule has 0 saturated carbocycles. The lowest BCUT2D eigenvalue weighted by Gasteiger charge is -2.19. The van der Waals surface area contributed by atoms with Crippen LogP contribution in [0.15, 0.2) is 59.6 Å². The Bertz CT molecular complexity index is 1030. The van der Waals surface area contributed by atoms with E-state index in [9.17, 15) is 23.9 Å². The summed E-state index contributed by atoms with van der Waals surface area (Å²) in [6.07, 6.45) is -1.03. The van der Waals surface area contributed by atoms with E-state index in [4.69, 9.17) is 0 Å². The molecule has 2 atom stereocenters. The van der Waals surface area contributed by atoms with Gasteiger partial charge in [0.25, 0.3) is 5.91 Å². The van der Waals surface area contributed by atoms with E-state index in [0.29, 0.717) is 23.8 Å². The number of amides is 2. The van der Waals surface area contributed by atoms with Crippen LogP contribution in [0.3, 0.4) is 0 Å². The van der Waals surface area contributed by atoms with E-state index in [2.05, 4.69) is 31.6 Å². The molecule has 1 heterocycles. The van der Waals surface area contributed by atoms with Crippen molar-refractivity contribution in [3.05, 3.63) is 65.7 Å². The summed E-state index contributed by atoms with van der Waals surface area (Å²) in [5.41, 5.74) is 1.81. The Morgan fingerprint density at radius 3 is 2.62 bits per heavy atom. The lowest BCUT2D eigenvalue weighted by molar-refractivity contribution is -0.139. The summed E-state index contributed by atoms with van der Waals surface area (Å²) in [5, 5.41) is 23.1. The minimum Gasteiger partial charge on any atom is -0.480 e. The minimum atomic E-state index is -1.09. The molecule has 1 unspecified atom stereocenters. The Morgan fingerprint density at radius 2 is 1.91 bits per heavy atom. The van der Waals surface area contributed by atoms with Crippen LogP contribution in [0, 0.1) is 0 Å². The zero-order valence-corrected chi connectivity index (χ0v) is 18.4. The second-order valence-electron chi connectivity index (χ2n) is 7.62. The number of carboxylic acid groups (broad SMARTS) is 1. The number of anilines is 1. The lowest BCUT2D eigenvalue weighted by atomic mass is 10.2. The van der Waals surface area contributed by atoms with Crippen LogP contribution < -0.4 is 26.6 Å². The molecular weight excluding hydrogens is 443 g/mol. The van der Waals surface area contributed by atoms with Gasteiger partial charge in [0.05, 0.1) is 19.6 Å². The van der Waals surface area contributed by atoms with Gasteiger partial charge in [0.15, 0.2) is 5.96 Å². The molecule has 2 aromatic carbocycles. The Hall–Kier alpha value is -3.99. The summed E-state index contributed by atoms with van der Waals surface area (Å²) >= 11 is 0. The number of nitrogens with one attached hydrogen (secondary N) is 5. The zero-order chi connectivity index (χ0) is 24.3.